The Balaban J connectivity index is 1.86. The number of pyridine rings is 1. The topological polar surface area (TPSA) is 51.3 Å². The third kappa shape index (κ3) is 4.27. The zero-order valence-corrected chi connectivity index (χ0v) is 14.8. The van der Waals surface area contributed by atoms with Crippen molar-refractivity contribution < 1.29 is 0 Å². The molecule has 0 atom stereocenters. The molecule has 0 fully saturated rings. The number of benzene rings is 2. The molecule has 0 bridgehead atoms. The van der Waals surface area contributed by atoms with Crippen LogP contribution in [0.1, 0.15) is 5.56 Å². The lowest BCUT2D eigenvalue weighted by Gasteiger charge is -2.06. The highest BCUT2D eigenvalue weighted by molar-refractivity contribution is 6.64. The SMILES string of the molecule is C=C(/C=C(/Cl)N=C(N)Cl)c1ccc(-c2cnc3ccccc3c2)cc1. The van der Waals surface area contributed by atoms with Crippen LogP contribution in [0.3, 0.4) is 0 Å². The van der Waals surface area contributed by atoms with Crippen LogP contribution >= 0.6 is 23.2 Å². The van der Waals surface area contributed by atoms with E-state index in [9.17, 15) is 0 Å². The molecule has 2 aromatic carbocycles. The molecule has 3 rings (SSSR count). The number of fused-ring (bicyclic) bond motifs is 1. The summed E-state index contributed by atoms with van der Waals surface area (Å²) in [7, 11) is 0. The summed E-state index contributed by atoms with van der Waals surface area (Å²) in [6.07, 6.45) is 3.49. The van der Waals surface area contributed by atoms with Crippen molar-refractivity contribution >= 4 is 45.0 Å². The van der Waals surface area contributed by atoms with E-state index in [1.807, 2.05) is 48.7 Å². The molecule has 0 saturated carbocycles. The van der Waals surface area contributed by atoms with Crippen LogP contribution in [0.5, 0.6) is 0 Å². The van der Waals surface area contributed by atoms with Gasteiger partial charge in [0.1, 0.15) is 5.16 Å². The van der Waals surface area contributed by atoms with E-state index >= 15 is 0 Å². The summed E-state index contributed by atoms with van der Waals surface area (Å²) in [5.74, 6) is 0. The zero-order chi connectivity index (χ0) is 17.8. The molecule has 1 heterocycles. The van der Waals surface area contributed by atoms with Crippen molar-refractivity contribution in [3.8, 4) is 11.1 Å². The zero-order valence-electron chi connectivity index (χ0n) is 13.3. The Morgan fingerprint density at radius 1 is 1.04 bits per heavy atom. The van der Waals surface area contributed by atoms with Crippen molar-refractivity contribution in [2.75, 3.05) is 0 Å². The Labute approximate surface area is 156 Å². The lowest BCUT2D eigenvalue weighted by atomic mass is 10.0. The van der Waals surface area contributed by atoms with Gasteiger partial charge in [-0.3, -0.25) is 4.98 Å². The van der Waals surface area contributed by atoms with Crippen molar-refractivity contribution in [3.05, 3.63) is 84.2 Å². The van der Waals surface area contributed by atoms with Gasteiger partial charge in [0, 0.05) is 17.1 Å². The Bertz CT molecular complexity index is 985. The maximum Gasteiger partial charge on any atom is 0.194 e. The van der Waals surface area contributed by atoms with Crippen LogP contribution in [-0.4, -0.2) is 10.3 Å². The number of nitrogens with two attached hydrogens (primary N) is 1. The van der Waals surface area contributed by atoms with E-state index in [2.05, 4.69) is 28.7 Å². The average Bonchev–Trinajstić information content (AvgIpc) is 2.60. The molecule has 0 saturated heterocycles. The van der Waals surface area contributed by atoms with Crippen molar-refractivity contribution in [2.45, 2.75) is 0 Å². The predicted octanol–water partition coefficient (Wildman–Crippen LogP) is 5.55. The van der Waals surface area contributed by atoms with Crippen molar-refractivity contribution in [2.24, 2.45) is 10.7 Å². The molecule has 0 spiro atoms. The van der Waals surface area contributed by atoms with Crippen LogP contribution in [0.4, 0.5) is 0 Å². The van der Waals surface area contributed by atoms with Crippen molar-refractivity contribution in [3.63, 3.8) is 0 Å². The van der Waals surface area contributed by atoms with E-state index < -0.39 is 0 Å². The minimum absolute atomic E-state index is 0.117. The highest BCUT2D eigenvalue weighted by Crippen LogP contribution is 2.25. The summed E-state index contributed by atoms with van der Waals surface area (Å²) in [6.45, 7) is 3.99. The molecule has 0 aliphatic carbocycles. The van der Waals surface area contributed by atoms with E-state index in [1.165, 1.54) is 0 Å². The van der Waals surface area contributed by atoms with Gasteiger partial charge in [-0.1, -0.05) is 60.6 Å². The first-order valence-electron chi connectivity index (χ1n) is 7.54. The third-order valence-corrected chi connectivity index (χ3v) is 3.96. The van der Waals surface area contributed by atoms with Gasteiger partial charge in [0.05, 0.1) is 5.52 Å². The van der Waals surface area contributed by atoms with E-state index in [0.29, 0.717) is 0 Å². The molecular formula is C20H15Cl2N3. The Morgan fingerprint density at radius 3 is 2.48 bits per heavy atom. The molecule has 0 radical (unpaired) electrons. The van der Waals surface area contributed by atoms with Gasteiger partial charge in [-0.25, -0.2) is 4.99 Å². The molecule has 124 valence electrons. The summed E-state index contributed by atoms with van der Waals surface area (Å²) in [5, 5.41) is 1.17. The number of aromatic nitrogens is 1. The summed E-state index contributed by atoms with van der Waals surface area (Å²) < 4.78 is 0. The standard InChI is InChI=1S/C20H15Cl2N3/c1-13(10-19(21)25-20(22)23)14-6-8-15(9-7-14)17-11-16-4-2-3-5-18(16)24-12-17/h2-12H,1H2,(H2,23,25)/b19-10-. The Hall–Kier alpha value is -2.62. The Morgan fingerprint density at radius 2 is 1.76 bits per heavy atom. The summed E-state index contributed by atoms with van der Waals surface area (Å²) in [6, 6.07) is 18.2. The largest absolute Gasteiger partial charge is 0.374 e. The second-order valence-electron chi connectivity index (χ2n) is 5.42. The molecule has 0 aliphatic rings. The fourth-order valence-electron chi connectivity index (χ4n) is 2.47. The maximum absolute atomic E-state index is 5.94. The highest BCUT2D eigenvalue weighted by Gasteiger charge is 2.03. The molecule has 25 heavy (non-hydrogen) atoms. The fraction of sp³-hybridized carbons (Fsp3) is 0. The molecule has 3 aromatic rings. The van der Waals surface area contributed by atoms with Gasteiger partial charge in [-0.2, -0.15) is 0 Å². The number of rotatable bonds is 4. The third-order valence-electron chi connectivity index (χ3n) is 3.69. The lowest BCUT2D eigenvalue weighted by Crippen LogP contribution is -2.00. The van der Waals surface area contributed by atoms with Crippen LogP contribution in [0, 0.1) is 0 Å². The van der Waals surface area contributed by atoms with Gasteiger partial charge in [0.15, 0.2) is 5.29 Å². The summed E-state index contributed by atoms with van der Waals surface area (Å²) in [5.41, 5.74) is 10.1. The van der Waals surface area contributed by atoms with Crippen LogP contribution in [0.25, 0.3) is 27.6 Å². The number of allylic oxidation sites excluding steroid dienone is 2. The maximum atomic E-state index is 5.94. The average molecular weight is 368 g/mol. The van der Waals surface area contributed by atoms with E-state index in [-0.39, 0.29) is 10.5 Å². The first-order chi connectivity index (χ1) is 12.0. The number of para-hydroxylation sites is 1. The van der Waals surface area contributed by atoms with Crippen LogP contribution < -0.4 is 5.73 Å². The number of hydrogen-bond acceptors (Lipinski definition) is 2. The molecule has 0 unspecified atom stereocenters. The van der Waals surface area contributed by atoms with Gasteiger partial charge >= 0.3 is 0 Å². The molecule has 0 aliphatic heterocycles. The Kier molecular flexibility index (Phi) is 5.17. The molecule has 3 nitrogen and oxygen atoms in total. The van der Waals surface area contributed by atoms with Gasteiger partial charge in [0.25, 0.3) is 0 Å². The van der Waals surface area contributed by atoms with Crippen molar-refractivity contribution in [1.82, 2.24) is 4.98 Å². The first-order valence-corrected chi connectivity index (χ1v) is 8.30. The molecule has 1 aromatic heterocycles. The monoisotopic (exact) mass is 367 g/mol. The van der Waals surface area contributed by atoms with E-state index in [0.717, 1.165) is 33.2 Å². The number of hydrogen-bond donors (Lipinski definition) is 1. The minimum atomic E-state index is -0.117. The number of nitrogens with zero attached hydrogens (tertiary/aromatic N) is 2. The quantitative estimate of drug-likeness (QED) is 0.284. The van der Waals surface area contributed by atoms with Crippen LogP contribution in [0.2, 0.25) is 0 Å². The number of amidine groups is 1. The van der Waals surface area contributed by atoms with E-state index in [1.54, 1.807) is 6.08 Å². The fourth-order valence-corrected chi connectivity index (χ4v) is 2.82. The van der Waals surface area contributed by atoms with Crippen LogP contribution in [0.15, 0.2) is 83.6 Å². The lowest BCUT2D eigenvalue weighted by molar-refractivity contribution is 1.41. The van der Waals surface area contributed by atoms with Crippen molar-refractivity contribution in [1.29, 1.82) is 0 Å². The number of aliphatic imine (C=N–C) groups is 1. The summed E-state index contributed by atoms with van der Waals surface area (Å²) in [4.78, 5) is 8.25. The predicted molar refractivity (Wildman–Crippen MR) is 108 cm³/mol. The molecular weight excluding hydrogens is 353 g/mol. The molecule has 2 N–H and O–H groups in total. The van der Waals surface area contributed by atoms with Crippen LogP contribution in [-0.2, 0) is 0 Å². The minimum Gasteiger partial charge on any atom is -0.374 e. The first kappa shape index (κ1) is 17.2. The van der Waals surface area contributed by atoms with Gasteiger partial charge < -0.3 is 5.73 Å². The van der Waals surface area contributed by atoms with Gasteiger partial charge in [-0.15, -0.1) is 0 Å². The van der Waals surface area contributed by atoms with Gasteiger partial charge in [-0.05, 0) is 46.5 Å². The van der Waals surface area contributed by atoms with E-state index in [4.69, 9.17) is 28.9 Å². The molecule has 0 amide bonds. The highest BCUT2D eigenvalue weighted by atomic mass is 35.5. The molecule has 5 heteroatoms. The second kappa shape index (κ2) is 7.51. The van der Waals surface area contributed by atoms with Gasteiger partial charge in [0.2, 0.25) is 0 Å². The number of halogens is 2. The normalized spacial score (nSPS) is 12.4. The second-order valence-corrected chi connectivity index (χ2v) is 6.20. The summed E-state index contributed by atoms with van der Waals surface area (Å²) >= 11 is 11.4. The smallest absolute Gasteiger partial charge is 0.194 e.